The zero-order valence-electron chi connectivity index (χ0n) is 24.7. The highest BCUT2D eigenvalue weighted by Gasteiger charge is 2.15. The van der Waals surface area contributed by atoms with Crippen molar-refractivity contribution in [3.63, 3.8) is 0 Å². The van der Waals surface area contributed by atoms with E-state index in [1.54, 1.807) is 0 Å². The van der Waals surface area contributed by atoms with Gasteiger partial charge in [0.05, 0.1) is 11.2 Å². The van der Waals surface area contributed by atoms with Gasteiger partial charge in [-0.15, -0.1) is 0 Å². The number of benzene rings is 7. The Balaban J connectivity index is 1.17. The van der Waals surface area contributed by atoms with Gasteiger partial charge in [0.2, 0.25) is 0 Å². The second kappa shape index (κ2) is 11.6. The third-order valence-electron chi connectivity index (χ3n) is 8.45. The van der Waals surface area contributed by atoms with Gasteiger partial charge >= 0.3 is 0 Å². The van der Waals surface area contributed by atoms with Crippen LogP contribution in [-0.4, -0.2) is 4.98 Å². The molecule has 0 N–H and O–H groups in total. The number of hydrogen-bond acceptors (Lipinski definition) is 2. The zero-order chi connectivity index (χ0) is 30.0. The topological polar surface area (TPSA) is 16.1 Å². The van der Waals surface area contributed by atoms with Crippen molar-refractivity contribution in [1.29, 1.82) is 0 Å². The van der Waals surface area contributed by atoms with E-state index in [1.807, 2.05) is 0 Å². The van der Waals surface area contributed by atoms with E-state index in [1.165, 1.54) is 27.3 Å². The number of anilines is 3. The Labute approximate surface area is 263 Å². The molecule has 8 aromatic rings. The fourth-order valence-electron chi connectivity index (χ4n) is 6.21. The molecule has 0 spiro atoms. The first-order valence-electron chi connectivity index (χ1n) is 15.3. The van der Waals surface area contributed by atoms with Crippen LogP contribution in [0.3, 0.4) is 0 Å². The van der Waals surface area contributed by atoms with Crippen LogP contribution in [0.25, 0.3) is 55.2 Å². The molecule has 1 aromatic heterocycles. The van der Waals surface area contributed by atoms with Crippen LogP contribution in [0.1, 0.15) is 0 Å². The molecule has 0 aliphatic rings. The summed E-state index contributed by atoms with van der Waals surface area (Å²) in [6.45, 7) is 0. The Hall–Kier alpha value is -5.99. The van der Waals surface area contributed by atoms with Gasteiger partial charge in [-0.1, -0.05) is 133 Å². The minimum atomic E-state index is 0.993. The summed E-state index contributed by atoms with van der Waals surface area (Å²) < 4.78 is 0. The van der Waals surface area contributed by atoms with E-state index in [0.717, 1.165) is 45.0 Å². The summed E-state index contributed by atoms with van der Waals surface area (Å²) >= 11 is 0. The Kier molecular flexibility index (Phi) is 6.86. The van der Waals surface area contributed by atoms with Gasteiger partial charge in [0, 0.05) is 33.6 Å². The molecule has 1 heterocycles. The minimum Gasteiger partial charge on any atom is -0.311 e. The molecular weight excluding hydrogens is 544 g/mol. The molecule has 0 saturated carbocycles. The summed E-state index contributed by atoms with van der Waals surface area (Å²) in [7, 11) is 0. The van der Waals surface area contributed by atoms with Crippen molar-refractivity contribution in [1.82, 2.24) is 4.98 Å². The summed E-state index contributed by atoms with van der Waals surface area (Å²) in [5, 5.41) is 3.63. The minimum absolute atomic E-state index is 0.993. The number of fused-ring (bicyclic) bond motifs is 3. The van der Waals surface area contributed by atoms with E-state index in [0.29, 0.717) is 0 Å². The summed E-state index contributed by atoms with van der Waals surface area (Å²) in [5.41, 5.74) is 11.1. The molecule has 0 amide bonds. The van der Waals surface area contributed by atoms with Gasteiger partial charge in [0.1, 0.15) is 0 Å². The molecule has 0 bridgehead atoms. The van der Waals surface area contributed by atoms with E-state index < -0.39 is 0 Å². The number of rotatable bonds is 6. The largest absolute Gasteiger partial charge is 0.311 e. The molecule has 8 rings (SSSR count). The zero-order valence-corrected chi connectivity index (χ0v) is 24.7. The van der Waals surface area contributed by atoms with Crippen molar-refractivity contribution < 1.29 is 0 Å². The monoisotopic (exact) mass is 574 g/mol. The SMILES string of the molecule is c1ccc(-c2cc3c(ccc4ccccc43)nc2-c2ccc(-c3ccc(N(c4ccccc4)c4ccccc4)cc3)cc2)cc1. The van der Waals surface area contributed by atoms with Gasteiger partial charge in [0.15, 0.2) is 0 Å². The number of para-hydroxylation sites is 2. The lowest BCUT2D eigenvalue weighted by Gasteiger charge is -2.25. The molecule has 0 saturated heterocycles. The van der Waals surface area contributed by atoms with Crippen molar-refractivity contribution in [2.45, 2.75) is 0 Å². The van der Waals surface area contributed by atoms with Crippen LogP contribution in [0.4, 0.5) is 17.1 Å². The average molecular weight is 575 g/mol. The molecule has 2 heteroatoms. The number of pyridine rings is 1. The fraction of sp³-hybridized carbons (Fsp3) is 0. The summed E-state index contributed by atoms with van der Waals surface area (Å²) in [6, 6.07) is 64.4. The third-order valence-corrected chi connectivity index (χ3v) is 8.45. The lowest BCUT2D eigenvalue weighted by Crippen LogP contribution is -2.09. The molecule has 0 unspecified atom stereocenters. The van der Waals surface area contributed by atoms with Crippen molar-refractivity contribution >= 4 is 38.7 Å². The Morgan fingerprint density at radius 1 is 0.356 bits per heavy atom. The van der Waals surface area contributed by atoms with Crippen molar-refractivity contribution in [3.8, 4) is 33.5 Å². The molecule has 45 heavy (non-hydrogen) atoms. The van der Waals surface area contributed by atoms with Crippen LogP contribution in [0.5, 0.6) is 0 Å². The molecule has 0 radical (unpaired) electrons. The van der Waals surface area contributed by atoms with Gasteiger partial charge in [0.25, 0.3) is 0 Å². The lowest BCUT2D eigenvalue weighted by atomic mass is 9.94. The predicted molar refractivity (Wildman–Crippen MR) is 190 cm³/mol. The van der Waals surface area contributed by atoms with Crippen molar-refractivity contribution in [2.75, 3.05) is 4.90 Å². The Morgan fingerprint density at radius 2 is 0.867 bits per heavy atom. The van der Waals surface area contributed by atoms with Gasteiger partial charge in [-0.05, 0) is 76.0 Å². The van der Waals surface area contributed by atoms with E-state index in [9.17, 15) is 0 Å². The third kappa shape index (κ3) is 5.13. The van der Waals surface area contributed by atoms with Crippen LogP contribution in [0.2, 0.25) is 0 Å². The maximum absolute atomic E-state index is 5.26. The molecule has 0 fully saturated rings. The second-order valence-corrected chi connectivity index (χ2v) is 11.2. The number of aromatic nitrogens is 1. The highest BCUT2D eigenvalue weighted by Crippen LogP contribution is 2.38. The number of nitrogens with zero attached hydrogens (tertiary/aromatic N) is 2. The molecule has 0 aliphatic heterocycles. The smallest absolute Gasteiger partial charge is 0.0788 e. The molecule has 7 aromatic carbocycles. The first-order valence-corrected chi connectivity index (χ1v) is 15.3. The molecule has 0 atom stereocenters. The van der Waals surface area contributed by atoms with E-state index in [4.69, 9.17) is 4.98 Å². The maximum atomic E-state index is 5.26. The van der Waals surface area contributed by atoms with Crippen LogP contribution in [0.15, 0.2) is 182 Å². The van der Waals surface area contributed by atoms with Crippen molar-refractivity contribution in [2.24, 2.45) is 0 Å². The number of hydrogen-bond donors (Lipinski definition) is 0. The van der Waals surface area contributed by atoms with Crippen LogP contribution >= 0.6 is 0 Å². The van der Waals surface area contributed by atoms with E-state index in [2.05, 4.69) is 187 Å². The van der Waals surface area contributed by atoms with Gasteiger partial charge in [-0.2, -0.15) is 0 Å². The average Bonchev–Trinajstić information content (AvgIpc) is 3.13. The summed E-state index contributed by atoms with van der Waals surface area (Å²) in [6.07, 6.45) is 0. The Morgan fingerprint density at radius 3 is 1.51 bits per heavy atom. The normalized spacial score (nSPS) is 11.1. The molecule has 0 aliphatic carbocycles. The van der Waals surface area contributed by atoms with Gasteiger partial charge in [-0.3, -0.25) is 0 Å². The second-order valence-electron chi connectivity index (χ2n) is 11.2. The first kappa shape index (κ1) is 26.6. The van der Waals surface area contributed by atoms with Crippen molar-refractivity contribution in [3.05, 3.63) is 182 Å². The van der Waals surface area contributed by atoms with E-state index >= 15 is 0 Å². The molecule has 212 valence electrons. The van der Waals surface area contributed by atoms with Gasteiger partial charge in [-0.25, -0.2) is 4.98 Å². The van der Waals surface area contributed by atoms with Gasteiger partial charge < -0.3 is 4.90 Å². The Bertz CT molecular complexity index is 2180. The predicted octanol–water partition coefficient (Wildman–Crippen LogP) is 11.9. The molecular formula is C43H30N2. The fourth-order valence-corrected chi connectivity index (χ4v) is 6.21. The van der Waals surface area contributed by atoms with Crippen LogP contribution < -0.4 is 4.90 Å². The highest BCUT2D eigenvalue weighted by atomic mass is 15.1. The van der Waals surface area contributed by atoms with Crippen LogP contribution in [-0.2, 0) is 0 Å². The maximum Gasteiger partial charge on any atom is 0.0788 e. The standard InChI is InChI=1S/C43H30N2/c1-4-12-33(13-5-1)40-30-41-39-19-11-10-14-34(39)26-29-42(41)44-43(40)35-22-20-31(21-23-35)32-24-27-38(28-25-32)45(36-15-6-2-7-16-36)37-17-8-3-9-18-37/h1-30H. The first-order chi connectivity index (χ1) is 22.3. The quantitative estimate of drug-likeness (QED) is 0.184. The summed E-state index contributed by atoms with van der Waals surface area (Å²) in [5.74, 6) is 0. The lowest BCUT2D eigenvalue weighted by molar-refractivity contribution is 1.28. The highest BCUT2D eigenvalue weighted by molar-refractivity contribution is 6.08. The molecule has 2 nitrogen and oxygen atoms in total. The van der Waals surface area contributed by atoms with E-state index in [-0.39, 0.29) is 0 Å². The van der Waals surface area contributed by atoms with Crippen LogP contribution in [0, 0.1) is 0 Å². The summed E-state index contributed by atoms with van der Waals surface area (Å²) in [4.78, 5) is 7.54.